The number of nitrogens with zero attached hydrogens (tertiary/aromatic N) is 4. The Balaban J connectivity index is 1.93. The lowest BCUT2D eigenvalue weighted by molar-refractivity contribution is 0.303. The summed E-state index contributed by atoms with van der Waals surface area (Å²) in [4.78, 5) is 7.09. The maximum atomic E-state index is 4.87. The van der Waals surface area contributed by atoms with Crippen LogP contribution in [0.25, 0.3) is 0 Å². The zero-order valence-corrected chi connectivity index (χ0v) is 11.9. The van der Waals surface area contributed by atoms with Gasteiger partial charge >= 0.3 is 0 Å². The molecule has 0 saturated heterocycles. The average Bonchev–Trinajstić information content (AvgIpc) is 2.55. The molecule has 0 saturated carbocycles. The van der Waals surface area contributed by atoms with Crippen molar-refractivity contribution in [3.8, 4) is 0 Å². The first-order valence-corrected chi connectivity index (χ1v) is 7.14. The van der Waals surface area contributed by atoms with Gasteiger partial charge in [0.15, 0.2) is 5.84 Å². The third-order valence-corrected chi connectivity index (χ3v) is 3.83. The Morgan fingerprint density at radius 2 is 1.62 bits per heavy atom. The number of hydrazone groups is 1. The summed E-state index contributed by atoms with van der Waals surface area (Å²) >= 11 is 0. The molecule has 2 aliphatic rings. The predicted octanol–water partition coefficient (Wildman–Crippen LogP) is 2.69. The highest BCUT2D eigenvalue weighted by atomic mass is 15.5. The minimum Gasteiger partial charge on any atom is -0.307 e. The molecule has 4 nitrogen and oxygen atoms in total. The van der Waals surface area contributed by atoms with E-state index in [1.54, 1.807) is 0 Å². The first-order chi connectivity index (χ1) is 10.3. The summed E-state index contributed by atoms with van der Waals surface area (Å²) in [5, 5.41) is 6.71. The SMILES string of the molecule is CN1CCN2C(c3ccccc3)=Nc3ccccc3C2=N1. The minimum atomic E-state index is 0.900. The number of likely N-dealkylation sites (N-methyl/N-ethyl adjacent to an activating group) is 1. The molecule has 0 atom stereocenters. The summed E-state index contributed by atoms with van der Waals surface area (Å²) in [6.07, 6.45) is 0. The summed E-state index contributed by atoms with van der Waals surface area (Å²) in [6.45, 7) is 1.80. The molecule has 0 N–H and O–H groups in total. The molecule has 4 heteroatoms. The summed E-state index contributed by atoms with van der Waals surface area (Å²) in [6, 6.07) is 18.5. The van der Waals surface area contributed by atoms with Crippen LogP contribution >= 0.6 is 0 Å². The van der Waals surface area contributed by atoms with E-state index >= 15 is 0 Å². The van der Waals surface area contributed by atoms with Crippen molar-refractivity contribution in [2.45, 2.75) is 0 Å². The second-order valence-electron chi connectivity index (χ2n) is 5.28. The molecule has 0 aliphatic carbocycles. The number of aliphatic imine (C=N–C) groups is 1. The van der Waals surface area contributed by atoms with Gasteiger partial charge in [0, 0.05) is 24.7 Å². The number of benzene rings is 2. The Morgan fingerprint density at radius 1 is 0.857 bits per heavy atom. The fourth-order valence-corrected chi connectivity index (χ4v) is 2.76. The van der Waals surface area contributed by atoms with Crippen molar-refractivity contribution in [1.82, 2.24) is 9.91 Å². The van der Waals surface area contributed by atoms with E-state index < -0.39 is 0 Å². The maximum absolute atomic E-state index is 4.87. The van der Waals surface area contributed by atoms with Crippen molar-refractivity contribution >= 4 is 17.4 Å². The normalized spacial score (nSPS) is 16.8. The van der Waals surface area contributed by atoms with Gasteiger partial charge in [-0.15, -0.1) is 0 Å². The summed E-state index contributed by atoms with van der Waals surface area (Å²) < 4.78 is 0. The molecule has 2 aliphatic heterocycles. The largest absolute Gasteiger partial charge is 0.307 e. The molecule has 2 aromatic rings. The van der Waals surface area contributed by atoms with Crippen LogP contribution in [0.2, 0.25) is 0 Å². The van der Waals surface area contributed by atoms with Gasteiger partial charge in [0.05, 0.1) is 12.2 Å². The molecule has 0 spiro atoms. The lowest BCUT2D eigenvalue weighted by Gasteiger charge is -2.36. The number of fused-ring (bicyclic) bond motifs is 3. The second kappa shape index (κ2) is 4.74. The van der Waals surface area contributed by atoms with Crippen LogP contribution in [-0.2, 0) is 0 Å². The van der Waals surface area contributed by atoms with Crippen molar-refractivity contribution < 1.29 is 0 Å². The Hall–Kier alpha value is -2.62. The van der Waals surface area contributed by atoms with E-state index in [9.17, 15) is 0 Å². The van der Waals surface area contributed by atoms with E-state index in [1.807, 2.05) is 48.5 Å². The molecule has 0 unspecified atom stereocenters. The molecule has 0 amide bonds. The van der Waals surface area contributed by atoms with E-state index in [2.05, 4.69) is 23.1 Å². The first kappa shape index (κ1) is 12.1. The highest BCUT2D eigenvalue weighted by Crippen LogP contribution is 2.29. The van der Waals surface area contributed by atoms with Gasteiger partial charge < -0.3 is 4.90 Å². The molecule has 2 aromatic carbocycles. The molecular weight excluding hydrogens is 260 g/mol. The van der Waals surface area contributed by atoms with Gasteiger partial charge in [-0.25, -0.2) is 4.99 Å². The fraction of sp³-hybridized carbons (Fsp3) is 0.176. The zero-order chi connectivity index (χ0) is 14.2. The van der Waals surface area contributed by atoms with Crippen LogP contribution in [0.15, 0.2) is 64.7 Å². The summed E-state index contributed by atoms with van der Waals surface area (Å²) in [7, 11) is 2.01. The van der Waals surface area contributed by atoms with E-state index in [0.717, 1.165) is 41.6 Å². The van der Waals surface area contributed by atoms with Crippen molar-refractivity contribution in [1.29, 1.82) is 0 Å². The van der Waals surface area contributed by atoms with Crippen LogP contribution in [0.3, 0.4) is 0 Å². The predicted molar refractivity (Wildman–Crippen MR) is 85.0 cm³/mol. The van der Waals surface area contributed by atoms with Crippen LogP contribution < -0.4 is 0 Å². The van der Waals surface area contributed by atoms with Crippen molar-refractivity contribution in [3.05, 3.63) is 65.7 Å². The standard InChI is InChI=1S/C17H16N4/c1-20-11-12-21-16(13-7-3-2-4-8-13)18-15-10-6-5-9-14(15)17(21)19-20/h2-10H,11-12H2,1H3. The molecule has 0 fully saturated rings. The molecular formula is C17H16N4. The minimum absolute atomic E-state index is 0.900. The first-order valence-electron chi connectivity index (χ1n) is 7.14. The summed E-state index contributed by atoms with van der Waals surface area (Å²) in [5.74, 6) is 1.98. The Kier molecular flexibility index (Phi) is 2.74. The number of amidine groups is 2. The van der Waals surface area contributed by atoms with E-state index in [-0.39, 0.29) is 0 Å². The molecule has 4 rings (SSSR count). The topological polar surface area (TPSA) is 31.2 Å². The van der Waals surface area contributed by atoms with Crippen LogP contribution in [0.1, 0.15) is 11.1 Å². The van der Waals surface area contributed by atoms with Crippen LogP contribution in [-0.4, -0.2) is 41.7 Å². The van der Waals surface area contributed by atoms with Crippen molar-refractivity contribution in [2.75, 3.05) is 20.1 Å². The van der Waals surface area contributed by atoms with Gasteiger partial charge in [-0.1, -0.05) is 42.5 Å². The number of hydrogen-bond donors (Lipinski definition) is 0. The van der Waals surface area contributed by atoms with Gasteiger partial charge in [-0.3, -0.25) is 5.01 Å². The van der Waals surface area contributed by atoms with E-state index in [4.69, 9.17) is 10.1 Å². The lowest BCUT2D eigenvalue weighted by Crippen LogP contribution is -2.48. The van der Waals surface area contributed by atoms with Gasteiger partial charge in [-0.2, -0.15) is 5.10 Å². The Morgan fingerprint density at radius 3 is 2.48 bits per heavy atom. The number of rotatable bonds is 1. The van der Waals surface area contributed by atoms with Crippen LogP contribution in [0.5, 0.6) is 0 Å². The van der Waals surface area contributed by atoms with Crippen molar-refractivity contribution in [2.24, 2.45) is 10.1 Å². The monoisotopic (exact) mass is 276 g/mol. The van der Waals surface area contributed by atoms with Gasteiger partial charge in [-0.05, 0) is 12.1 Å². The van der Waals surface area contributed by atoms with E-state index in [0.29, 0.717) is 0 Å². The van der Waals surface area contributed by atoms with Crippen molar-refractivity contribution in [3.63, 3.8) is 0 Å². The van der Waals surface area contributed by atoms with Crippen LogP contribution in [0, 0.1) is 0 Å². The van der Waals surface area contributed by atoms with Gasteiger partial charge in [0.2, 0.25) is 0 Å². The van der Waals surface area contributed by atoms with Crippen LogP contribution in [0.4, 0.5) is 5.69 Å². The number of hydrogen-bond acceptors (Lipinski definition) is 4. The molecule has 0 radical (unpaired) electrons. The zero-order valence-electron chi connectivity index (χ0n) is 11.9. The summed E-state index contributed by atoms with van der Waals surface area (Å²) in [5.41, 5.74) is 3.22. The highest BCUT2D eigenvalue weighted by Gasteiger charge is 2.29. The Labute approximate surface area is 124 Å². The fourth-order valence-electron chi connectivity index (χ4n) is 2.76. The van der Waals surface area contributed by atoms with Gasteiger partial charge in [0.1, 0.15) is 5.84 Å². The Bertz CT molecular complexity index is 733. The third-order valence-electron chi connectivity index (χ3n) is 3.83. The maximum Gasteiger partial charge on any atom is 0.163 e. The molecule has 0 bridgehead atoms. The third kappa shape index (κ3) is 2.00. The molecule has 0 aromatic heterocycles. The van der Waals surface area contributed by atoms with E-state index in [1.165, 1.54) is 0 Å². The second-order valence-corrected chi connectivity index (χ2v) is 5.28. The molecule has 21 heavy (non-hydrogen) atoms. The molecule has 2 heterocycles. The molecule has 104 valence electrons. The quantitative estimate of drug-likeness (QED) is 0.802. The smallest absolute Gasteiger partial charge is 0.163 e. The number of para-hydroxylation sites is 1. The van der Waals surface area contributed by atoms with Gasteiger partial charge in [0.25, 0.3) is 0 Å². The highest BCUT2D eigenvalue weighted by molar-refractivity contribution is 6.20. The lowest BCUT2D eigenvalue weighted by atomic mass is 10.1. The average molecular weight is 276 g/mol.